The second kappa shape index (κ2) is 4.68. The molecule has 0 heterocycles. The molecule has 0 bridgehead atoms. The van der Waals surface area contributed by atoms with Crippen LogP contribution in [-0.4, -0.2) is 12.1 Å². The predicted octanol–water partition coefficient (Wildman–Crippen LogP) is 1.69. The minimum Gasteiger partial charge on any atom is -0.491 e. The number of guanidine groups is 1. The summed E-state index contributed by atoms with van der Waals surface area (Å²) in [5.74, 6) is 0.923. The van der Waals surface area contributed by atoms with E-state index in [0.29, 0.717) is 0 Å². The molecule has 0 saturated carbocycles. The molecule has 0 aromatic heterocycles. The summed E-state index contributed by atoms with van der Waals surface area (Å²) in [6.45, 7) is 5.94. The Morgan fingerprint density at radius 2 is 2.00 bits per heavy atom. The summed E-state index contributed by atoms with van der Waals surface area (Å²) in [7, 11) is 0. The van der Waals surface area contributed by atoms with Crippen molar-refractivity contribution in [3.63, 3.8) is 0 Å². The maximum atomic E-state index is 5.59. The van der Waals surface area contributed by atoms with Crippen molar-refractivity contribution in [2.75, 3.05) is 0 Å². The van der Waals surface area contributed by atoms with Crippen LogP contribution in [0.15, 0.2) is 23.2 Å². The molecule has 0 aliphatic heterocycles. The molecular formula is C11H17N3O. The summed E-state index contributed by atoms with van der Waals surface area (Å²) in [5.41, 5.74) is 12.3. The van der Waals surface area contributed by atoms with Crippen LogP contribution in [0.25, 0.3) is 0 Å². The Morgan fingerprint density at radius 1 is 1.33 bits per heavy atom. The monoisotopic (exact) mass is 207 g/mol. The number of rotatable bonds is 3. The van der Waals surface area contributed by atoms with Gasteiger partial charge in [0.25, 0.3) is 0 Å². The molecule has 0 amide bonds. The second-order valence-electron chi connectivity index (χ2n) is 3.65. The lowest BCUT2D eigenvalue weighted by Crippen LogP contribution is -2.21. The summed E-state index contributed by atoms with van der Waals surface area (Å²) < 4.78 is 5.59. The molecule has 0 radical (unpaired) electrons. The van der Waals surface area contributed by atoms with E-state index in [4.69, 9.17) is 16.2 Å². The van der Waals surface area contributed by atoms with Crippen molar-refractivity contribution >= 4 is 11.6 Å². The fraction of sp³-hybridized carbons (Fsp3) is 0.364. The van der Waals surface area contributed by atoms with Gasteiger partial charge in [0.05, 0.1) is 11.8 Å². The fourth-order valence-corrected chi connectivity index (χ4v) is 1.24. The fourth-order valence-electron chi connectivity index (χ4n) is 1.24. The summed E-state index contributed by atoms with van der Waals surface area (Å²) in [4.78, 5) is 3.96. The molecule has 1 aromatic carbocycles. The zero-order valence-electron chi connectivity index (χ0n) is 9.32. The number of nitrogens with zero attached hydrogens (tertiary/aromatic N) is 1. The molecule has 0 saturated heterocycles. The van der Waals surface area contributed by atoms with Gasteiger partial charge in [0, 0.05) is 0 Å². The van der Waals surface area contributed by atoms with E-state index in [1.165, 1.54) is 0 Å². The van der Waals surface area contributed by atoms with Gasteiger partial charge in [-0.1, -0.05) is 0 Å². The zero-order valence-corrected chi connectivity index (χ0v) is 9.32. The SMILES string of the molecule is Cc1cc(N=C(N)N)ccc1OC(C)C. The van der Waals surface area contributed by atoms with Gasteiger partial charge < -0.3 is 16.2 Å². The molecular weight excluding hydrogens is 190 g/mol. The van der Waals surface area contributed by atoms with E-state index < -0.39 is 0 Å². The van der Waals surface area contributed by atoms with Crippen LogP contribution >= 0.6 is 0 Å². The molecule has 0 atom stereocenters. The Balaban J connectivity index is 2.93. The molecule has 1 rings (SSSR count). The van der Waals surface area contributed by atoms with E-state index in [2.05, 4.69) is 4.99 Å². The Labute approximate surface area is 89.9 Å². The summed E-state index contributed by atoms with van der Waals surface area (Å²) in [6, 6.07) is 5.58. The quantitative estimate of drug-likeness (QED) is 0.585. The van der Waals surface area contributed by atoms with Gasteiger partial charge >= 0.3 is 0 Å². The molecule has 0 aliphatic carbocycles. The number of aliphatic imine (C=N–C) groups is 1. The summed E-state index contributed by atoms with van der Waals surface area (Å²) in [6.07, 6.45) is 0.164. The van der Waals surface area contributed by atoms with Gasteiger partial charge in [-0.3, -0.25) is 0 Å². The first-order valence-corrected chi connectivity index (χ1v) is 4.86. The van der Waals surface area contributed by atoms with Gasteiger partial charge in [0.2, 0.25) is 0 Å². The third-order valence-corrected chi connectivity index (χ3v) is 1.78. The summed E-state index contributed by atoms with van der Waals surface area (Å²) in [5, 5.41) is 0. The molecule has 0 aliphatic rings. The van der Waals surface area contributed by atoms with Crippen molar-refractivity contribution in [1.29, 1.82) is 0 Å². The predicted molar refractivity (Wildman–Crippen MR) is 62.4 cm³/mol. The van der Waals surface area contributed by atoms with Crippen molar-refractivity contribution in [3.8, 4) is 5.75 Å². The molecule has 15 heavy (non-hydrogen) atoms. The average Bonchev–Trinajstić information content (AvgIpc) is 2.08. The molecule has 0 fully saturated rings. The third-order valence-electron chi connectivity index (χ3n) is 1.78. The molecule has 1 aromatic rings. The zero-order chi connectivity index (χ0) is 11.4. The number of ether oxygens (including phenoxy) is 1. The highest BCUT2D eigenvalue weighted by Gasteiger charge is 2.02. The van der Waals surface area contributed by atoms with Crippen molar-refractivity contribution < 1.29 is 4.74 Å². The molecule has 82 valence electrons. The highest BCUT2D eigenvalue weighted by Crippen LogP contribution is 2.24. The van der Waals surface area contributed by atoms with Gasteiger partial charge in [-0.05, 0) is 44.5 Å². The molecule has 4 heteroatoms. The number of hydrogen-bond acceptors (Lipinski definition) is 2. The van der Waals surface area contributed by atoms with Crippen molar-refractivity contribution in [2.24, 2.45) is 16.5 Å². The highest BCUT2D eigenvalue weighted by atomic mass is 16.5. The Morgan fingerprint density at radius 3 is 2.47 bits per heavy atom. The van der Waals surface area contributed by atoms with Crippen LogP contribution in [0.5, 0.6) is 5.75 Å². The van der Waals surface area contributed by atoms with Gasteiger partial charge in [-0.15, -0.1) is 0 Å². The van der Waals surface area contributed by atoms with Crippen LogP contribution in [-0.2, 0) is 0 Å². The maximum absolute atomic E-state index is 5.59. The van der Waals surface area contributed by atoms with Gasteiger partial charge in [-0.25, -0.2) is 4.99 Å². The lowest BCUT2D eigenvalue weighted by molar-refractivity contribution is 0.241. The second-order valence-corrected chi connectivity index (χ2v) is 3.65. The Kier molecular flexibility index (Phi) is 3.55. The Bertz CT molecular complexity index is 368. The number of aryl methyl sites for hydroxylation is 1. The van der Waals surface area contributed by atoms with E-state index in [9.17, 15) is 0 Å². The van der Waals surface area contributed by atoms with E-state index >= 15 is 0 Å². The lowest BCUT2D eigenvalue weighted by Gasteiger charge is -2.12. The first-order valence-electron chi connectivity index (χ1n) is 4.86. The minimum atomic E-state index is 0.0620. The van der Waals surface area contributed by atoms with Gasteiger partial charge in [-0.2, -0.15) is 0 Å². The third kappa shape index (κ3) is 3.50. The molecule has 0 unspecified atom stereocenters. The minimum absolute atomic E-state index is 0.0620. The van der Waals surface area contributed by atoms with Crippen LogP contribution in [0, 0.1) is 6.92 Å². The van der Waals surface area contributed by atoms with Crippen molar-refractivity contribution in [3.05, 3.63) is 23.8 Å². The van der Waals surface area contributed by atoms with Crippen LogP contribution in [0.4, 0.5) is 5.69 Å². The first kappa shape index (κ1) is 11.4. The average molecular weight is 207 g/mol. The van der Waals surface area contributed by atoms with E-state index in [0.717, 1.165) is 17.0 Å². The van der Waals surface area contributed by atoms with E-state index in [1.54, 1.807) is 0 Å². The number of hydrogen-bond donors (Lipinski definition) is 2. The first-order chi connectivity index (χ1) is 6.99. The number of benzene rings is 1. The lowest BCUT2D eigenvalue weighted by atomic mass is 10.2. The maximum Gasteiger partial charge on any atom is 0.191 e. The standard InChI is InChI=1S/C11H17N3O/c1-7(2)15-10-5-4-9(6-8(10)3)14-11(12)13/h4-7H,1-3H3,(H4,12,13,14). The van der Waals surface area contributed by atoms with Crippen LogP contribution in [0.1, 0.15) is 19.4 Å². The normalized spacial score (nSPS) is 10.1. The molecule has 4 N–H and O–H groups in total. The topological polar surface area (TPSA) is 73.6 Å². The van der Waals surface area contributed by atoms with Gasteiger partial charge in [0.1, 0.15) is 5.75 Å². The highest BCUT2D eigenvalue weighted by molar-refractivity contribution is 5.79. The smallest absolute Gasteiger partial charge is 0.191 e. The van der Waals surface area contributed by atoms with E-state index in [-0.39, 0.29) is 12.1 Å². The van der Waals surface area contributed by atoms with Crippen molar-refractivity contribution in [2.45, 2.75) is 26.9 Å². The molecule has 0 spiro atoms. The van der Waals surface area contributed by atoms with Crippen LogP contribution in [0.3, 0.4) is 0 Å². The summed E-state index contributed by atoms with van der Waals surface area (Å²) >= 11 is 0. The van der Waals surface area contributed by atoms with Crippen LogP contribution < -0.4 is 16.2 Å². The Hall–Kier alpha value is -1.71. The molecule has 4 nitrogen and oxygen atoms in total. The van der Waals surface area contributed by atoms with E-state index in [1.807, 2.05) is 39.0 Å². The van der Waals surface area contributed by atoms with Gasteiger partial charge in [0.15, 0.2) is 5.96 Å². The van der Waals surface area contributed by atoms with Crippen LogP contribution in [0.2, 0.25) is 0 Å². The number of nitrogens with two attached hydrogens (primary N) is 2. The largest absolute Gasteiger partial charge is 0.491 e. The van der Waals surface area contributed by atoms with Crippen molar-refractivity contribution in [1.82, 2.24) is 0 Å².